The second-order valence-corrected chi connectivity index (χ2v) is 6.47. The molecule has 1 aliphatic carbocycles. The molecule has 0 spiro atoms. The average Bonchev–Trinajstić information content (AvgIpc) is 2.99. The smallest absolute Gasteiger partial charge is 0.246 e. The van der Waals surface area contributed by atoms with E-state index in [9.17, 15) is 10.1 Å². The summed E-state index contributed by atoms with van der Waals surface area (Å²) in [5.41, 5.74) is 0.221. The highest BCUT2D eigenvalue weighted by Gasteiger charge is 2.37. The fourth-order valence-corrected chi connectivity index (χ4v) is 3.87. The molecule has 0 aromatic carbocycles. The zero-order valence-corrected chi connectivity index (χ0v) is 13.0. The predicted octanol–water partition coefficient (Wildman–Crippen LogP) is 3.68. The number of carbonyl (C=O) groups is 1. The summed E-state index contributed by atoms with van der Waals surface area (Å²) in [7, 11) is 0. The SMILES string of the molecule is CCCC(C#N)(CCC)C(=O)Nc1nc2c(s1)CCC2. The molecule has 1 aliphatic rings. The molecule has 1 amide bonds. The van der Waals surface area contributed by atoms with Gasteiger partial charge in [0.05, 0.1) is 11.8 Å². The van der Waals surface area contributed by atoms with Gasteiger partial charge in [-0.15, -0.1) is 11.3 Å². The van der Waals surface area contributed by atoms with Gasteiger partial charge in [-0.2, -0.15) is 5.26 Å². The highest BCUT2D eigenvalue weighted by molar-refractivity contribution is 7.15. The van der Waals surface area contributed by atoms with Gasteiger partial charge in [0.2, 0.25) is 5.91 Å². The first-order valence-electron chi connectivity index (χ1n) is 7.36. The third-order valence-corrected chi connectivity index (χ3v) is 4.89. The summed E-state index contributed by atoms with van der Waals surface area (Å²) in [6.07, 6.45) is 6.11. The van der Waals surface area contributed by atoms with Crippen LogP contribution in [0.25, 0.3) is 0 Å². The number of hydrogen-bond donors (Lipinski definition) is 1. The van der Waals surface area contributed by atoms with Gasteiger partial charge in [-0.05, 0) is 32.1 Å². The summed E-state index contributed by atoms with van der Waals surface area (Å²) in [6.45, 7) is 4.01. The van der Waals surface area contributed by atoms with E-state index in [2.05, 4.69) is 16.4 Å². The highest BCUT2D eigenvalue weighted by Crippen LogP contribution is 2.34. The van der Waals surface area contributed by atoms with E-state index in [1.54, 1.807) is 11.3 Å². The van der Waals surface area contributed by atoms with Crippen molar-refractivity contribution in [3.8, 4) is 6.07 Å². The zero-order chi connectivity index (χ0) is 14.6. The Balaban J connectivity index is 2.13. The van der Waals surface area contributed by atoms with Crippen molar-refractivity contribution < 1.29 is 4.79 Å². The normalized spacial score (nSPS) is 13.8. The molecule has 1 aromatic heterocycles. The van der Waals surface area contributed by atoms with E-state index in [1.807, 2.05) is 13.8 Å². The summed E-state index contributed by atoms with van der Waals surface area (Å²) in [6, 6.07) is 2.25. The molecule has 0 bridgehead atoms. The Morgan fingerprint density at radius 3 is 2.65 bits per heavy atom. The first-order valence-corrected chi connectivity index (χ1v) is 8.18. The van der Waals surface area contributed by atoms with Crippen LogP contribution >= 0.6 is 11.3 Å². The summed E-state index contributed by atoms with van der Waals surface area (Å²) in [5, 5.41) is 13.0. The Kier molecular flexibility index (Phi) is 4.77. The molecule has 5 heteroatoms. The van der Waals surface area contributed by atoms with Crippen molar-refractivity contribution in [3.63, 3.8) is 0 Å². The van der Waals surface area contributed by atoms with Gasteiger partial charge < -0.3 is 5.32 Å². The molecule has 0 atom stereocenters. The maximum Gasteiger partial charge on any atom is 0.246 e. The molecule has 1 aromatic rings. The van der Waals surface area contributed by atoms with Gasteiger partial charge in [0.15, 0.2) is 5.13 Å². The van der Waals surface area contributed by atoms with Crippen LogP contribution in [-0.4, -0.2) is 10.9 Å². The minimum Gasteiger partial charge on any atom is -0.301 e. The van der Waals surface area contributed by atoms with Crippen molar-refractivity contribution in [2.45, 2.75) is 58.8 Å². The molecule has 2 rings (SSSR count). The lowest BCUT2D eigenvalue weighted by Crippen LogP contribution is -2.35. The molecule has 0 radical (unpaired) electrons. The number of nitriles is 1. The maximum absolute atomic E-state index is 12.5. The van der Waals surface area contributed by atoms with E-state index < -0.39 is 5.41 Å². The fraction of sp³-hybridized carbons (Fsp3) is 0.667. The molecular weight excluding hydrogens is 270 g/mol. The summed E-state index contributed by atoms with van der Waals surface area (Å²) >= 11 is 1.56. The Labute approximate surface area is 124 Å². The number of nitrogens with one attached hydrogen (secondary N) is 1. The molecule has 0 fully saturated rings. The van der Waals surface area contributed by atoms with Gasteiger partial charge in [-0.3, -0.25) is 4.79 Å². The van der Waals surface area contributed by atoms with Crippen molar-refractivity contribution in [3.05, 3.63) is 10.6 Å². The number of nitrogens with zero attached hydrogens (tertiary/aromatic N) is 2. The lowest BCUT2D eigenvalue weighted by molar-refractivity contribution is -0.123. The van der Waals surface area contributed by atoms with Crippen LogP contribution in [0.4, 0.5) is 5.13 Å². The van der Waals surface area contributed by atoms with Gasteiger partial charge in [-0.25, -0.2) is 4.98 Å². The van der Waals surface area contributed by atoms with Gasteiger partial charge >= 0.3 is 0 Å². The van der Waals surface area contributed by atoms with Crippen LogP contribution < -0.4 is 5.32 Å². The molecule has 0 unspecified atom stereocenters. The minimum atomic E-state index is -0.903. The molecule has 0 saturated carbocycles. The van der Waals surface area contributed by atoms with Crippen LogP contribution in [0, 0.1) is 16.7 Å². The number of aryl methyl sites for hydroxylation is 2. The first kappa shape index (κ1) is 15.0. The van der Waals surface area contributed by atoms with E-state index in [0.29, 0.717) is 18.0 Å². The first-order chi connectivity index (χ1) is 9.65. The Morgan fingerprint density at radius 2 is 2.10 bits per heavy atom. The minimum absolute atomic E-state index is 0.184. The summed E-state index contributed by atoms with van der Waals surface area (Å²) in [4.78, 5) is 18.3. The van der Waals surface area contributed by atoms with Gasteiger partial charge in [0.25, 0.3) is 0 Å². The molecule has 0 aliphatic heterocycles. The van der Waals surface area contributed by atoms with Crippen molar-refractivity contribution >= 4 is 22.4 Å². The summed E-state index contributed by atoms with van der Waals surface area (Å²) in [5.74, 6) is -0.184. The molecule has 1 heterocycles. The molecule has 0 saturated heterocycles. The van der Waals surface area contributed by atoms with Crippen molar-refractivity contribution in [2.24, 2.45) is 5.41 Å². The number of amides is 1. The van der Waals surface area contributed by atoms with Crippen molar-refractivity contribution in [2.75, 3.05) is 5.32 Å². The van der Waals surface area contributed by atoms with Crippen molar-refractivity contribution in [1.82, 2.24) is 4.98 Å². The Bertz CT molecular complexity index is 502. The van der Waals surface area contributed by atoms with Crippen LogP contribution in [0.5, 0.6) is 0 Å². The van der Waals surface area contributed by atoms with E-state index in [0.717, 1.165) is 37.8 Å². The number of thiazole rings is 1. The fourth-order valence-electron chi connectivity index (χ4n) is 2.83. The van der Waals surface area contributed by atoms with Gasteiger partial charge in [0, 0.05) is 4.88 Å². The Morgan fingerprint density at radius 1 is 1.40 bits per heavy atom. The number of anilines is 1. The second-order valence-electron chi connectivity index (χ2n) is 5.39. The number of hydrogen-bond acceptors (Lipinski definition) is 4. The predicted molar refractivity (Wildman–Crippen MR) is 80.6 cm³/mol. The number of rotatable bonds is 6. The third-order valence-electron chi connectivity index (χ3n) is 3.82. The van der Waals surface area contributed by atoms with E-state index in [4.69, 9.17) is 0 Å². The quantitative estimate of drug-likeness (QED) is 0.869. The maximum atomic E-state index is 12.5. The molecule has 1 N–H and O–H groups in total. The van der Waals surface area contributed by atoms with Crippen LogP contribution in [0.15, 0.2) is 0 Å². The molecule has 108 valence electrons. The van der Waals surface area contributed by atoms with E-state index in [-0.39, 0.29) is 5.91 Å². The van der Waals surface area contributed by atoms with Gasteiger partial charge in [0.1, 0.15) is 5.41 Å². The number of aromatic nitrogens is 1. The monoisotopic (exact) mass is 291 g/mol. The lowest BCUT2D eigenvalue weighted by Gasteiger charge is -2.23. The topological polar surface area (TPSA) is 65.8 Å². The summed E-state index contributed by atoms with van der Waals surface area (Å²) < 4.78 is 0. The van der Waals surface area contributed by atoms with Crippen molar-refractivity contribution in [1.29, 1.82) is 5.26 Å². The van der Waals surface area contributed by atoms with Gasteiger partial charge in [-0.1, -0.05) is 26.7 Å². The molecular formula is C15H21N3OS. The number of fused-ring (bicyclic) bond motifs is 1. The van der Waals surface area contributed by atoms with Crippen LogP contribution in [-0.2, 0) is 17.6 Å². The Hall–Kier alpha value is -1.41. The third kappa shape index (κ3) is 2.85. The molecule has 20 heavy (non-hydrogen) atoms. The standard InChI is InChI=1S/C15H21N3OS/c1-3-8-15(10-16,9-4-2)13(19)18-14-17-11-6-5-7-12(11)20-14/h3-9H2,1-2H3,(H,17,18,19). The van der Waals surface area contributed by atoms with Crippen LogP contribution in [0.1, 0.15) is 56.5 Å². The highest BCUT2D eigenvalue weighted by atomic mass is 32.1. The van der Waals surface area contributed by atoms with E-state index >= 15 is 0 Å². The van der Waals surface area contributed by atoms with Crippen LogP contribution in [0.2, 0.25) is 0 Å². The van der Waals surface area contributed by atoms with Crippen LogP contribution in [0.3, 0.4) is 0 Å². The second kappa shape index (κ2) is 6.36. The molecule has 4 nitrogen and oxygen atoms in total. The number of carbonyl (C=O) groups excluding carboxylic acids is 1. The zero-order valence-electron chi connectivity index (χ0n) is 12.2. The average molecular weight is 291 g/mol. The lowest BCUT2D eigenvalue weighted by atomic mass is 9.80. The largest absolute Gasteiger partial charge is 0.301 e. The van der Waals surface area contributed by atoms with E-state index in [1.165, 1.54) is 4.88 Å².